The zero-order valence-corrected chi connectivity index (χ0v) is 22.2. The van der Waals surface area contributed by atoms with Crippen molar-refractivity contribution in [2.75, 3.05) is 0 Å². The molecular weight excluding hydrogens is 456 g/mol. The van der Waals surface area contributed by atoms with E-state index in [0.29, 0.717) is 0 Å². The number of hydrogen-bond donors (Lipinski definition) is 0. The van der Waals surface area contributed by atoms with Crippen LogP contribution in [0.5, 0.6) is 0 Å². The Labute approximate surface area is 226 Å². The van der Waals surface area contributed by atoms with E-state index >= 15 is 0 Å². The van der Waals surface area contributed by atoms with Crippen molar-refractivity contribution in [3.63, 3.8) is 0 Å². The van der Waals surface area contributed by atoms with Gasteiger partial charge in [-0.1, -0.05) is 97.1 Å². The van der Waals surface area contributed by atoms with Gasteiger partial charge in [0, 0.05) is 0 Å². The molecule has 0 saturated carbocycles. The smallest absolute Gasteiger partial charge is 0.00735 e. The van der Waals surface area contributed by atoms with E-state index < -0.39 is 0 Å². The molecule has 0 nitrogen and oxygen atoms in total. The minimum Gasteiger partial charge on any atom is -0.0836 e. The van der Waals surface area contributed by atoms with Crippen LogP contribution >= 0.6 is 0 Å². The molecule has 0 aromatic heterocycles. The first-order valence-corrected chi connectivity index (χ1v) is 13.9. The van der Waals surface area contributed by atoms with E-state index in [1.807, 2.05) is 0 Å². The van der Waals surface area contributed by atoms with Gasteiger partial charge in [0.15, 0.2) is 0 Å². The number of hydrogen-bond acceptors (Lipinski definition) is 0. The van der Waals surface area contributed by atoms with E-state index in [-0.39, 0.29) is 0 Å². The minimum absolute atomic E-state index is 1.15. The molecule has 0 spiro atoms. The van der Waals surface area contributed by atoms with Crippen LogP contribution in [0.3, 0.4) is 0 Å². The Morgan fingerprint density at radius 3 is 1.92 bits per heavy atom. The van der Waals surface area contributed by atoms with Crippen LogP contribution in [0.25, 0.3) is 56.3 Å². The molecule has 5 aromatic carbocycles. The second-order valence-electron chi connectivity index (χ2n) is 10.8. The maximum atomic E-state index is 2.43. The van der Waals surface area contributed by atoms with Crippen LogP contribution in [0.4, 0.5) is 0 Å². The summed E-state index contributed by atoms with van der Waals surface area (Å²) in [6, 6.07) is 31.6. The standard InChI is InChI=1S/C38H32/c1-25-11-3-4-15-30(25)38-26(2)12-9-20-31(38)29-14-10-13-27(23-29)28-21-22-36-34-18-6-5-16-32(34)33-17-7-8-19-35(33)37(36)24-28/h3-4,6,8-15,18-24H,5,7,16-17H2,1-2H3. The molecule has 2 aliphatic rings. The fraction of sp³-hybridized carbons (Fsp3) is 0.158. The normalized spacial score (nSPS) is 13.9. The zero-order valence-electron chi connectivity index (χ0n) is 22.2. The molecule has 0 heteroatoms. The van der Waals surface area contributed by atoms with Crippen molar-refractivity contribution in [1.82, 2.24) is 0 Å². The lowest BCUT2D eigenvalue weighted by Crippen LogP contribution is -2.07. The maximum Gasteiger partial charge on any atom is -0.00735 e. The van der Waals surface area contributed by atoms with Gasteiger partial charge in [-0.2, -0.15) is 0 Å². The Bertz CT molecular complexity index is 1780. The van der Waals surface area contributed by atoms with Crippen LogP contribution in [-0.4, -0.2) is 0 Å². The van der Waals surface area contributed by atoms with Gasteiger partial charge < -0.3 is 0 Å². The summed E-state index contributed by atoms with van der Waals surface area (Å²) in [5, 5.41) is 2.78. The third kappa shape index (κ3) is 3.75. The van der Waals surface area contributed by atoms with Gasteiger partial charge in [0.2, 0.25) is 0 Å². The predicted molar refractivity (Wildman–Crippen MR) is 164 cm³/mol. The van der Waals surface area contributed by atoms with Crippen molar-refractivity contribution < 1.29 is 0 Å². The summed E-state index contributed by atoms with van der Waals surface area (Å²) in [5.74, 6) is 0. The molecule has 0 saturated heterocycles. The molecule has 0 atom stereocenters. The Kier molecular flexibility index (Phi) is 5.63. The fourth-order valence-corrected chi connectivity index (χ4v) is 6.63. The lowest BCUT2D eigenvalue weighted by Gasteiger charge is -2.24. The van der Waals surface area contributed by atoms with Gasteiger partial charge in [0.05, 0.1) is 0 Å². The summed E-state index contributed by atoms with van der Waals surface area (Å²) in [4.78, 5) is 0. The highest BCUT2D eigenvalue weighted by atomic mass is 14.2. The van der Waals surface area contributed by atoms with Gasteiger partial charge in [-0.05, 0) is 129 Å². The minimum atomic E-state index is 1.15. The van der Waals surface area contributed by atoms with Crippen molar-refractivity contribution in [3.8, 4) is 33.4 Å². The highest BCUT2D eigenvalue weighted by Gasteiger charge is 2.20. The molecule has 0 bridgehead atoms. The van der Waals surface area contributed by atoms with Crippen LogP contribution in [0.15, 0.2) is 97.1 Å². The highest BCUT2D eigenvalue weighted by Crippen LogP contribution is 2.41. The Hall–Kier alpha value is -4.16. The third-order valence-corrected chi connectivity index (χ3v) is 8.50. The van der Waals surface area contributed by atoms with Gasteiger partial charge in [0.25, 0.3) is 0 Å². The van der Waals surface area contributed by atoms with E-state index in [0.717, 1.165) is 19.3 Å². The van der Waals surface area contributed by atoms with Gasteiger partial charge in [-0.3, -0.25) is 0 Å². The Balaban J connectivity index is 1.39. The largest absolute Gasteiger partial charge is 0.0836 e. The van der Waals surface area contributed by atoms with E-state index in [2.05, 4.69) is 123 Å². The Morgan fingerprint density at radius 1 is 0.500 bits per heavy atom. The van der Waals surface area contributed by atoms with E-state index in [1.54, 1.807) is 11.1 Å². The average Bonchev–Trinajstić information content (AvgIpc) is 2.97. The van der Waals surface area contributed by atoms with Crippen LogP contribution in [0, 0.1) is 13.8 Å². The first kappa shape index (κ1) is 23.0. The quantitative estimate of drug-likeness (QED) is 0.237. The van der Waals surface area contributed by atoms with Crippen LogP contribution in [-0.2, 0) is 12.8 Å². The summed E-state index contributed by atoms with van der Waals surface area (Å²) < 4.78 is 0. The van der Waals surface area contributed by atoms with E-state index in [9.17, 15) is 0 Å². The second kappa shape index (κ2) is 9.30. The molecule has 0 radical (unpaired) electrons. The topological polar surface area (TPSA) is 0 Å². The van der Waals surface area contributed by atoms with Gasteiger partial charge in [0.1, 0.15) is 0 Å². The molecule has 0 fully saturated rings. The number of aryl methyl sites for hydroxylation is 2. The molecule has 7 rings (SSSR count). The van der Waals surface area contributed by atoms with Gasteiger partial charge in [-0.15, -0.1) is 0 Å². The molecule has 5 aromatic rings. The van der Waals surface area contributed by atoms with Crippen LogP contribution < -0.4 is 0 Å². The van der Waals surface area contributed by atoms with Crippen molar-refractivity contribution in [3.05, 3.63) is 130 Å². The monoisotopic (exact) mass is 488 g/mol. The van der Waals surface area contributed by atoms with Gasteiger partial charge >= 0.3 is 0 Å². The SMILES string of the molecule is Cc1ccccc1-c1c(C)cccc1-c1cccc(-c2ccc3c4c(c5c(c3c2)C=CCC5)CCC=C4)c1. The zero-order chi connectivity index (χ0) is 25.6. The molecule has 184 valence electrons. The summed E-state index contributed by atoms with van der Waals surface area (Å²) in [7, 11) is 0. The van der Waals surface area contributed by atoms with Crippen molar-refractivity contribution in [2.24, 2.45) is 0 Å². The fourth-order valence-electron chi connectivity index (χ4n) is 6.63. The maximum absolute atomic E-state index is 2.43. The molecule has 0 unspecified atom stereocenters. The molecule has 0 heterocycles. The van der Waals surface area contributed by atoms with E-state index in [1.165, 1.54) is 72.8 Å². The molecule has 0 amide bonds. The summed E-state index contributed by atoms with van der Waals surface area (Å²) in [6.07, 6.45) is 14.1. The molecule has 0 aliphatic heterocycles. The lowest BCUT2D eigenvalue weighted by molar-refractivity contribution is 0.911. The number of rotatable bonds is 3. The number of fused-ring (bicyclic) bond motifs is 6. The molecule has 38 heavy (non-hydrogen) atoms. The van der Waals surface area contributed by atoms with Crippen molar-refractivity contribution in [2.45, 2.75) is 39.5 Å². The molecule has 2 aliphatic carbocycles. The molecular formula is C38H32. The first-order chi connectivity index (χ1) is 18.7. The highest BCUT2D eigenvalue weighted by molar-refractivity contribution is 6.02. The second-order valence-corrected chi connectivity index (χ2v) is 10.8. The van der Waals surface area contributed by atoms with Crippen LogP contribution in [0.2, 0.25) is 0 Å². The summed E-state index contributed by atoms with van der Waals surface area (Å²) >= 11 is 0. The molecule has 0 N–H and O–H groups in total. The van der Waals surface area contributed by atoms with E-state index in [4.69, 9.17) is 0 Å². The van der Waals surface area contributed by atoms with Crippen molar-refractivity contribution >= 4 is 22.9 Å². The lowest BCUT2D eigenvalue weighted by atomic mass is 9.80. The van der Waals surface area contributed by atoms with Crippen molar-refractivity contribution in [1.29, 1.82) is 0 Å². The Morgan fingerprint density at radius 2 is 1.13 bits per heavy atom. The summed E-state index contributed by atoms with van der Waals surface area (Å²) in [5.41, 5.74) is 16.4. The first-order valence-electron chi connectivity index (χ1n) is 13.9. The predicted octanol–water partition coefficient (Wildman–Crippen LogP) is 10.4. The summed E-state index contributed by atoms with van der Waals surface area (Å²) in [6.45, 7) is 4.43. The third-order valence-electron chi connectivity index (χ3n) is 8.50. The average molecular weight is 489 g/mol. The number of allylic oxidation sites excluding steroid dienone is 2. The van der Waals surface area contributed by atoms with Crippen LogP contribution in [0.1, 0.15) is 46.2 Å². The van der Waals surface area contributed by atoms with Gasteiger partial charge in [-0.25, -0.2) is 0 Å². The number of benzene rings is 5.